The number of nitrogens with zero attached hydrogens (tertiary/aromatic N) is 5. The number of para-hydroxylation sites is 4. The van der Waals surface area contributed by atoms with Gasteiger partial charge in [-0.25, -0.2) is 4.98 Å². The van der Waals surface area contributed by atoms with Crippen LogP contribution in [-0.2, 0) is 26.5 Å². The van der Waals surface area contributed by atoms with Gasteiger partial charge < -0.3 is 23.7 Å². The van der Waals surface area contributed by atoms with Gasteiger partial charge in [0.05, 0.1) is 11.0 Å². The summed E-state index contributed by atoms with van der Waals surface area (Å²) in [4.78, 5) is 9.29. The van der Waals surface area contributed by atoms with Crippen LogP contribution in [0.5, 0.6) is 11.5 Å². The van der Waals surface area contributed by atoms with Gasteiger partial charge in [-0.05, 0) is 59.6 Å². The van der Waals surface area contributed by atoms with Gasteiger partial charge in [-0.3, -0.25) is 0 Å². The Bertz CT molecular complexity index is 2890. The fourth-order valence-corrected chi connectivity index (χ4v) is 7.53. The summed E-state index contributed by atoms with van der Waals surface area (Å²) in [6, 6.07) is 55.6. The summed E-state index contributed by atoms with van der Waals surface area (Å²) < 4.78 is 11.2. The van der Waals surface area contributed by atoms with Gasteiger partial charge in [0.1, 0.15) is 5.82 Å². The number of pyridine rings is 1. The first-order chi connectivity index (χ1) is 26.4. The zero-order valence-corrected chi connectivity index (χ0v) is 32.8. The van der Waals surface area contributed by atoms with Crippen LogP contribution in [0.2, 0.25) is 0 Å². The van der Waals surface area contributed by atoms with Crippen molar-refractivity contribution in [2.45, 2.75) is 26.2 Å². The molecule has 0 N–H and O–H groups in total. The van der Waals surface area contributed by atoms with Crippen molar-refractivity contribution >= 4 is 55.0 Å². The fraction of sp³-hybridized carbons (Fsp3) is 0.0833. The fourth-order valence-electron chi connectivity index (χ4n) is 7.53. The summed E-state index contributed by atoms with van der Waals surface area (Å²) in [6.45, 7) is 8.71. The molecule has 7 heteroatoms. The van der Waals surface area contributed by atoms with Gasteiger partial charge in [-0.2, -0.15) is 6.07 Å². The number of fused-ring (bicyclic) bond motifs is 6. The molecule has 0 unspecified atom stereocenters. The zero-order valence-electron chi connectivity index (χ0n) is 30.5. The molecule has 0 fully saturated rings. The number of hydrogen-bond acceptors (Lipinski definition) is 4. The Kier molecular flexibility index (Phi) is 8.59. The molecule has 9 aromatic rings. The molecule has 0 atom stereocenters. The third-order valence-electron chi connectivity index (χ3n) is 10.2. The molecule has 55 heavy (non-hydrogen) atoms. The maximum absolute atomic E-state index is 6.68. The first-order valence-electron chi connectivity index (χ1n) is 18.2. The zero-order chi connectivity index (χ0) is 36.4. The van der Waals surface area contributed by atoms with Crippen LogP contribution in [0.25, 0.3) is 55.1 Å². The largest absolute Gasteiger partial charge is 0.509 e. The quantitative estimate of drug-likeness (QED) is 0.156. The maximum atomic E-state index is 6.68. The summed E-state index contributed by atoms with van der Waals surface area (Å²) >= 11 is 0. The molecule has 3 aromatic heterocycles. The minimum atomic E-state index is -0.114. The van der Waals surface area contributed by atoms with E-state index in [4.69, 9.17) is 9.72 Å². The monoisotopic (exact) mass is 893 g/mol. The molecule has 272 valence electrons. The van der Waals surface area contributed by atoms with Crippen molar-refractivity contribution in [3.8, 4) is 23.0 Å². The topological polar surface area (TPSA) is 38.5 Å². The van der Waals surface area contributed by atoms with Crippen molar-refractivity contribution < 1.29 is 25.8 Å². The minimum Gasteiger partial charge on any atom is -0.509 e. The summed E-state index contributed by atoms with van der Waals surface area (Å²) in [6.07, 6.45) is 6.11. The second kappa shape index (κ2) is 13.6. The van der Waals surface area contributed by atoms with Crippen LogP contribution in [0, 0.1) is 18.8 Å². The van der Waals surface area contributed by atoms with E-state index in [1.54, 1.807) is 0 Å². The van der Waals surface area contributed by atoms with E-state index >= 15 is 0 Å². The van der Waals surface area contributed by atoms with E-state index in [9.17, 15) is 0 Å². The second-order valence-corrected chi connectivity index (χ2v) is 14.7. The number of aromatic nitrogens is 3. The molecule has 0 radical (unpaired) electrons. The SMILES string of the molecule is CC(C)(C)c1cc(Oc2[c-]c3c(cc2)c2ccccc2n3-c2cc3c(cn2)c2ccccc2n3-c2ccccc2)[c-]c(N2C=CN(c3ccccc3)[CH-]2)c1.[Pt]. The van der Waals surface area contributed by atoms with E-state index in [1.807, 2.05) is 36.7 Å². The molecule has 0 saturated heterocycles. The molecule has 0 spiro atoms. The third-order valence-corrected chi connectivity index (χ3v) is 10.2. The smallest absolute Gasteiger partial charge is 0.137 e. The molecule has 0 saturated carbocycles. The summed E-state index contributed by atoms with van der Waals surface area (Å²) in [5.74, 6) is 2.04. The standard InChI is InChI=1S/C48H36N5O.Pt/c1-48(2,3)33-26-36(51-25-24-50(32-51)34-14-6-4-7-15-34)28-38(27-33)54-37-22-23-41-39-18-10-13-21-44(39)53(45(41)29-37)47-30-46-42(31-49-47)40-19-11-12-20-43(40)52(46)35-16-8-5-9-17-35;/h4-27,30-32H,1-3H3;/q-3;. The van der Waals surface area contributed by atoms with Crippen molar-refractivity contribution in [2.24, 2.45) is 0 Å². The number of rotatable bonds is 6. The van der Waals surface area contributed by atoms with Crippen LogP contribution in [-0.4, -0.2) is 14.1 Å². The third kappa shape index (κ3) is 6.07. The first kappa shape index (κ1) is 34.7. The number of hydrogen-bond donors (Lipinski definition) is 0. The van der Waals surface area contributed by atoms with Gasteiger partial charge >= 0.3 is 0 Å². The number of anilines is 2. The molecule has 10 rings (SSSR count). The molecular formula is C48H36N5OPt-3. The number of ether oxygens (including phenoxy) is 1. The molecule has 0 aliphatic carbocycles. The molecule has 0 amide bonds. The Morgan fingerprint density at radius 3 is 1.93 bits per heavy atom. The minimum absolute atomic E-state index is 0. The Morgan fingerprint density at radius 1 is 0.564 bits per heavy atom. The molecule has 0 bridgehead atoms. The van der Waals surface area contributed by atoms with Gasteiger partial charge in [0.2, 0.25) is 0 Å². The second-order valence-electron chi connectivity index (χ2n) is 14.7. The molecule has 6 aromatic carbocycles. The maximum Gasteiger partial charge on any atom is 0.137 e. The van der Waals surface area contributed by atoms with E-state index in [0.717, 1.165) is 66.7 Å². The normalized spacial score (nSPS) is 13.0. The molecule has 6 nitrogen and oxygen atoms in total. The predicted octanol–water partition coefficient (Wildman–Crippen LogP) is 11.9. The van der Waals surface area contributed by atoms with E-state index in [0.29, 0.717) is 11.5 Å². The summed E-state index contributed by atoms with van der Waals surface area (Å²) in [5.41, 5.74) is 8.30. The van der Waals surface area contributed by atoms with Crippen molar-refractivity contribution in [3.63, 3.8) is 0 Å². The van der Waals surface area contributed by atoms with Crippen LogP contribution in [0.4, 0.5) is 11.4 Å². The number of benzene rings is 6. The van der Waals surface area contributed by atoms with Crippen LogP contribution < -0.4 is 14.5 Å². The van der Waals surface area contributed by atoms with E-state index in [-0.39, 0.29) is 26.5 Å². The summed E-state index contributed by atoms with van der Waals surface area (Å²) in [7, 11) is 0. The molecule has 4 heterocycles. The van der Waals surface area contributed by atoms with Gasteiger partial charge in [0.15, 0.2) is 0 Å². The Balaban J connectivity index is 0.00000397. The average Bonchev–Trinajstić information content (AvgIpc) is 3.91. The van der Waals surface area contributed by atoms with Crippen LogP contribution in [0.1, 0.15) is 26.3 Å². The van der Waals surface area contributed by atoms with Crippen molar-refractivity contribution in [1.29, 1.82) is 0 Å². The van der Waals surface area contributed by atoms with Gasteiger partial charge in [0.25, 0.3) is 0 Å². The van der Waals surface area contributed by atoms with Crippen LogP contribution in [0.3, 0.4) is 0 Å². The predicted molar refractivity (Wildman–Crippen MR) is 221 cm³/mol. The Hall–Kier alpha value is -6.10. The van der Waals surface area contributed by atoms with Gasteiger partial charge in [-0.15, -0.1) is 53.6 Å². The van der Waals surface area contributed by atoms with Crippen molar-refractivity contribution in [1.82, 2.24) is 14.1 Å². The van der Waals surface area contributed by atoms with Crippen LogP contribution in [0.15, 0.2) is 158 Å². The molecule has 1 aliphatic rings. The van der Waals surface area contributed by atoms with E-state index in [1.165, 1.54) is 5.39 Å². The van der Waals surface area contributed by atoms with E-state index < -0.39 is 0 Å². The first-order valence-corrected chi connectivity index (χ1v) is 18.2. The Morgan fingerprint density at radius 2 is 1.20 bits per heavy atom. The van der Waals surface area contributed by atoms with Crippen LogP contribution >= 0.6 is 0 Å². The van der Waals surface area contributed by atoms with Gasteiger partial charge in [0, 0.05) is 72.5 Å². The van der Waals surface area contributed by atoms with E-state index in [2.05, 4.69) is 180 Å². The molecular weight excluding hydrogens is 858 g/mol. The Labute approximate surface area is 334 Å². The van der Waals surface area contributed by atoms with Crippen molar-refractivity contribution in [2.75, 3.05) is 9.80 Å². The molecule has 1 aliphatic heterocycles. The van der Waals surface area contributed by atoms with Crippen molar-refractivity contribution in [3.05, 3.63) is 182 Å². The summed E-state index contributed by atoms with van der Waals surface area (Å²) in [5, 5.41) is 4.48. The average molecular weight is 894 g/mol. The van der Waals surface area contributed by atoms with Gasteiger partial charge in [-0.1, -0.05) is 99.1 Å².